The first-order chi connectivity index (χ1) is 9.59. The molecular formula is C18H24O2. The summed E-state index contributed by atoms with van der Waals surface area (Å²) >= 11 is 0. The molecule has 0 unspecified atom stereocenters. The lowest BCUT2D eigenvalue weighted by Gasteiger charge is -2.49. The maximum Gasteiger partial charge on any atom is 0.139 e. The summed E-state index contributed by atoms with van der Waals surface area (Å²) in [7, 11) is 0. The average molecular weight is 272 g/mol. The van der Waals surface area contributed by atoms with Gasteiger partial charge in [0.2, 0.25) is 0 Å². The number of rotatable bonds is 0. The first-order valence-corrected chi connectivity index (χ1v) is 8.34. The van der Waals surface area contributed by atoms with Gasteiger partial charge in [-0.15, -0.1) is 0 Å². The fourth-order valence-corrected chi connectivity index (χ4v) is 5.74. The maximum absolute atomic E-state index is 12.3. The van der Waals surface area contributed by atoms with Crippen molar-refractivity contribution >= 4 is 11.6 Å². The summed E-state index contributed by atoms with van der Waals surface area (Å²) in [4.78, 5) is 23.9. The van der Waals surface area contributed by atoms with Gasteiger partial charge in [0, 0.05) is 24.7 Å². The van der Waals surface area contributed by atoms with E-state index in [1.807, 2.05) is 0 Å². The van der Waals surface area contributed by atoms with Crippen LogP contribution in [0.4, 0.5) is 0 Å². The molecule has 5 atom stereocenters. The largest absolute Gasteiger partial charge is 0.300 e. The van der Waals surface area contributed by atoms with Crippen molar-refractivity contribution in [3.05, 3.63) is 11.6 Å². The number of Topliss-reactive ketones (excluding diaryl/α,β-unsaturated/α-hetero) is 2. The van der Waals surface area contributed by atoms with E-state index in [2.05, 4.69) is 13.0 Å². The minimum absolute atomic E-state index is 0.0640. The van der Waals surface area contributed by atoms with Crippen molar-refractivity contribution in [2.24, 2.45) is 29.1 Å². The summed E-state index contributed by atoms with van der Waals surface area (Å²) in [5.74, 6) is 3.48. The van der Waals surface area contributed by atoms with Gasteiger partial charge < -0.3 is 0 Å². The zero-order valence-corrected chi connectivity index (χ0v) is 12.4. The summed E-state index contributed by atoms with van der Waals surface area (Å²) in [6.45, 7) is 2.21. The first-order valence-electron chi connectivity index (χ1n) is 8.34. The molecule has 108 valence electrons. The van der Waals surface area contributed by atoms with Crippen LogP contribution in [0, 0.1) is 29.1 Å². The van der Waals surface area contributed by atoms with Gasteiger partial charge in [-0.3, -0.25) is 9.59 Å². The van der Waals surface area contributed by atoms with Crippen LogP contribution in [-0.2, 0) is 9.59 Å². The lowest BCUT2D eigenvalue weighted by molar-refractivity contribution is -0.127. The Kier molecular flexibility index (Phi) is 2.74. The van der Waals surface area contributed by atoms with Crippen molar-refractivity contribution in [1.29, 1.82) is 0 Å². The fraction of sp³-hybridized carbons (Fsp3) is 0.778. The first kappa shape index (κ1) is 12.8. The Bertz CT molecular complexity index is 504. The summed E-state index contributed by atoms with van der Waals surface area (Å²) in [5, 5.41) is 0. The van der Waals surface area contributed by atoms with Crippen LogP contribution in [0.15, 0.2) is 11.6 Å². The fourth-order valence-electron chi connectivity index (χ4n) is 5.74. The van der Waals surface area contributed by atoms with Gasteiger partial charge in [0.15, 0.2) is 0 Å². The molecule has 0 spiro atoms. The Morgan fingerprint density at radius 2 is 1.90 bits per heavy atom. The molecule has 20 heavy (non-hydrogen) atoms. The quantitative estimate of drug-likeness (QED) is 0.630. The zero-order chi connectivity index (χ0) is 13.9. The second-order valence-corrected chi connectivity index (χ2v) is 7.73. The van der Waals surface area contributed by atoms with Crippen molar-refractivity contribution in [3.63, 3.8) is 0 Å². The van der Waals surface area contributed by atoms with Gasteiger partial charge in [-0.25, -0.2) is 0 Å². The molecule has 0 saturated heterocycles. The van der Waals surface area contributed by atoms with Gasteiger partial charge in [0.25, 0.3) is 0 Å². The third kappa shape index (κ3) is 1.63. The second-order valence-electron chi connectivity index (χ2n) is 7.73. The lowest BCUT2D eigenvalue weighted by Crippen LogP contribution is -2.43. The van der Waals surface area contributed by atoms with Crippen molar-refractivity contribution in [1.82, 2.24) is 0 Å². The number of hydrogen-bond donors (Lipinski definition) is 0. The van der Waals surface area contributed by atoms with E-state index in [1.165, 1.54) is 12.8 Å². The number of allylic oxidation sites excluding steroid dienone is 2. The normalized spacial score (nSPS) is 47.4. The van der Waals surface area contributed by atoms with Crippen molar-refractivity contribution < 1.29 is 9.59 Å². The van der Waals surface area contributed by atoms with Gasteiger partial charge in [0.05, 0.1) is 0 Å². The Morgan fingerprint density at radius 1 is 1.05 bits per heavy atom. The second kappa shape index (κ2) is 4.29. The monoisotopic (exact) mass is 272 g/mol. The van der Waals surface area contributed by atoms with Gasteiger partial charge in [-0.2, -0.15) is 0 Å². The molecule has 0 aromatic heterocycles. The number of carbonyl (C=O) groups is 2. The highest BCUT2D eigenvalue weighted by molar-refractivity contribution is 5.87. The van der Waals surface area contributed by atoms with Crippen molar-refractivity contribution in [3.8, 4) is 0 Å². The van der Waals surface area contributed by atoms with E-state index < -0.39 is 0 Å². The van der Waals surface area contributed by atoms with Gasteiger partial charge in [0.1, 0.15) is 11.6 Å². The van der Waals surface area contributed by atoms with Crippen LogP contribution in [0.3, 0.4) is 0 Å². The number of fused-ring (bicyclic) bond motifs is 5. The summed E-state index contributed by atoms with van der Waals surface area (Å²) in [6.07, 6.45) is 10.4. The molecule has 0 N–H and O–H groups in total. The van der Waals surface area contributed by atoms with E-state index in [0.29, 0.717) is 35.2 Å². The molecule has 0 radical (unpaired) electrons. The number of carbonyl (C=O) groups excluding carboxylic acids is 2. The third-order valence-electron chi connectivity index (χ3n) is 6.88. The van der Waals surface area contributed by atoms with Crippen molar-refractivity contribution in [2.45, 2.75) is 58.3 Å². The Morgan fingerprint density at radius 3 is 2.75 bits per heavy atom. The van der Waals surface area contributed by atoms with E-state index in [9.17, 15) is 9.59 Å². The Hall–Kier alpha value is -0.920. The summed E-state index contributed by atoms with van der Waals surface area (Å²) in [6, 6.07) is 0. The van der Waals surface area contributed by atoms with E-state index in [1.54, 1.807) is 5.57 Å². The van der Waals surface area contributed by atoms with Gasteiger partial charge in [-0.1, -0.05) is 18.6 Å². The highest BCUT2D eigenvalue weighted by Gasteiger charge is 2.53. The number of ketones is 2. The topological polar surface area (TPSA) is 34.1 Å². The maximum atomic E-state index is 12.3. The van der Waals surface area contributed by atoms with E-state index in [-0.39, 0.29) is 5.41 Å². The zero-order valence-electron chi connectivity index (χ0n) is 12.4. The van der Waals surface area contributed by atoms with Crippen LogP contribution in [0.1, 0.15) is 58.3 Å². The minimum atomic E-state index is -0.0640. The van der Waals surface area contributed by atoms with Gasteiger partial charge >= 0.3 is 0 Å². The molecule has 2 heteroatoms. The third-order valence-corrected chi connectivity index (χ3v) is 6.88. The SMILES string of the molecule is C[C@]12CC=C3[C@H]4CCC(=O)C[C@H]4CC[C@H]3[C@@H]1CCC2=O. The van der Waals surface area contributed by atoms with E-state index in [0.717, 1.165) is 38.5 Å². The average Bonchev–Trinajstić information content (AvgIpc) is 2.74. The van der Waals surface area contributed by atoms with E-state index in [4.69, 9.17) is 0 Å². The molecule has 4 aliphatic carbocycles. The smallest absolute Gasteiger partial charge is 0.139 e. The van der Waals surface area contributed by atoms with Crippen molar-refractivity contribution in [2.75, 3.05) is 0 Å². The predicted octanol–water partition coefficient (Wildman–Crippen LogP) is 3.70. The highest BCUT2D eigenvalue weighted by Crippen LogP contribution is 2.58. The molecule has 0 bridgehead atoms. The number of hydrogen-bond acceptors (Lipinski definition) is 2. The van der Waals surface area contributed by atoms with Crippen LogP contribution in [0.2, 0.25) is 0 Å². The van der Waals surface area contributed by atoms with Crippen LogP contribution in [-0.4, -0.2) is 11.6 Å². The Balaban J connectivity index is 1.66. The molecule has 0 aliphatic heterocycles. The molecule has 0 heterocycles. The Labute approximate surface area is 121 Å². The molecule has 0 aromatic rings. The van der Waals surface area contributed by atoms with E-state index >= 15 is 0 Å². The van der Waals surface area contributed by atoms with Gasteiger partial charge in [-0.05, 0) is 55.8 Å². The lowest BCUT2D eigenvalue weighted by atomic mass is 9.55. The van der Waals surface area contributed by atoms with Crippen LogP contribution >= 0.6 is 0 Å². The molecule has 3 fully saturated rings. The van der Waals surface area contributed by atoms with Crippen LogP contribution < -0.4 is 0 Å². The molecule has 2 nitrogen and oxygen atoms in total. The van der Waals surface area contributed by atoms with Crippen LogP contribution in [0.5, 0.6) is 0 Å². The summed E-state index contributed by atoms with van der Waals surface area (Å²) < 4.78 is 0. The molecular weight excluding hydrogens is 248 g/mol. The minimum Gasteiger partial charge on any atom is -0.300 e. The molecule has 0 amide bonds. The molecule has 4 rings (SSSR count). The van der Waals surface area contributed by atoms with Crippen LogP contribution in [0.25, 0.3) is 0 Å². The molecule has 4 aliphatic rings. The molecule has 0 aromatic carbocycles. The molecule has 3 saturated carbocycles. The highest BCUT2D eigenvalue weighted by atomic mass is 16.1. The standard InChI is InChI=1S/C18H24O2/c1-18-9-8-14-13-5-3-12(19)10-11(13)2-4-15(14)16(18)6-7-17(18)20/h8,11,13,15-16H,2-7,9-10H2,1H3/t11-,13+,15-,16+,18+/m1/s1. The summed E-state index contributed by atoms with van der Waals surface area (Å²) in [5.41, 5.74) is 1.58. The predicted molar refractivity (Wildman–Crippen MR) is 77.1 cm³/mol.